The van der Waals surface area contributed by atoms with E-state index >= 15 is 0 Å². The van der Waals surface area contributed by atoms with Crippen molar-refractivity contribution >= 4 is 12.1 Å². The molecule has 1 saturated heterocycles. The maximum Gasteiger partial charge on any atom is 0.410 e. The summed E-state index contributed by atoms with van der Waals surface area (Å²) in [5, 5.41) is 6.67. The number of piperidine rings is 1. The van der Waals surface area contributed by atoms with Crippen LogP contribution in [0, 0.1) is 5.82 Å². The zero-order chi connectivity index (χ0) is 22.3. The Kier molecular flexibility index (Phi) is 8.46. The highest BCUT2D eigenvalue weighted by molar-refractivity contribution is 5.80. The summed E-state index contributed by atoms with van der Waals surface area (Å²) in [5.74, 6) is 0.462. The van der Waals surface area contributed by atoms with E-state index in [0.717, 1.165) is 18.4 Å². The minimum atomic E-state index is -0.504. The number of carbonyl (C=O) groups excluding carboxylic acids is 1. The summed E-state index contributed by atoms with van der Waals surface area (Å²) in [6.07, 6.45) is 1.57. The van der Waals surface area contributed by atoms with Gasteiger partial charge in [0.15, 0.2) is 5.96 Å². The van der Waals surface area contributed by atoms with Gasteiger partial charge in [0.25, 0.3) is 0 Å². The first-order chi connectivity index (χ1) is 14.1. The first-order valence-electron chi connectivity index (χ1n) is 10.4. The van der Waals surface area contributed by atoms with Gasteiger partial charge in [-0.2, -0.15) is 0 Å². The maximum absolute atomic E-state index is 14.0. The summed E-state index contributed by atoms with van der Waals surface area (Å²) < 4.78 is 19.5. The predicted molar refractivity (Wildman–Crippen MR) is 118 cm³/mol. The van der Waals surface area contributed by atoms with Gasteiger partial charge in [-0.3, -0.25) is 4.99 Å². The lowest BCUT2D eigenvalue weighted by atomic mass is 10.1. The normalized spacial score (nSPS) is 17.8. The van der Waals surface area contributed by atoms with Gasteiger partial charge in [0.2, 0.25) is 0 Å². The molecular weight excluding hydrogens is 385 g/mol. The number of hydrogen-bond donors (Lipinski definition) is 2. The number of guanidine groups is 1. The molecule has 1 atom stereocenters. The Morgan fingerprint density at radius 2 is 2.10 bits per heavy atom. The van der Waals surface area contributed by atoms with Gasteiger partial charge >= 0.3 is 6.09 Å². The standard InChI is InChI=1S/C22H36FN5O2/c1-22(2,3)30-21(29)28-11-7-8-18(15-28)26-20(24-4)25-13-16-9-10-19(23)17(12-16)14-27(5)6/h9-10,12,18H,7-8,11,13-15H2,1-6H3,(H2,24,25,26). The number of aliphatic imine (C=N–C) groups is 1. The van der Waals surface area contributed by atoms with Gasteiger partial charge in [0, 0.05) is 44.8 Å². The van der Waals surface area contributed by atoms with E-state index in [9.17, 15) is 9.18 Å². The average Bonchev–Trinajstić information content (AvgIpc) is 2.66. The molecule has 1 fully saturated rings. The predicted octanol–water partition coefficient (Wildman–Crippen LogP) is 2.95. The number of hydrogen-bond acceptors (Lipinski definition) is 4. The van der Waals surface area contributed by atoms with Gasteiger partial charge in [-0.15, -0.1) is 0 Å². The molecule has 1 aromatic rings. The molecule has 0 bridgehead atoms. The van der Waals surface area contributed by atoms with Crippen LogP contribution in [0.25, 0.3) is 0 Å². The number of rotatable bonds is 5. The number of ether oxygens (including phenoxy) is 1. The van der Waals surface area contributed by atoms with Crippen molar-refractivity contribution < 1.29 is 13.9 Å². The zero-order valence-corrected chi connectivity index (χ0v) is 19.1. The lowest BCUT2D eigenvalue weighted by molar-refractivity contribution is 0.0193. The van der Waals surface area contributed by atoms with Crippen LogP contribution in [-0.2, 0) is 17.8 Å². The molecule has 7 nitrogen and oxygen atoms in total. The Balaban J connectivity index is 1.91. The molecule has 1 aliphatic rings. The van der Waals surface area contributed by atoms with Crippen molar-refractivity contribution in [2.45, 2.75) is 58.3 Å². The number of halogens is 1. The van der Waals surface area contributed by atoms with Crippen LogP contribution in [0.4, 0.5) is 9.18 Å². The van der Waals surface area contributed by atoms with E-state index in [4.69, 9.17) is 4.74 Å². The molecule has 0 saturated carbocycles. The van der Waals surface area contributed by atoms with Crippen LogP contribution in [-0.4, -0.2) is 67.7 Å². The van der Waals surface area contributed by atoms with E-state index in [0.29, 0.717) is 37.7 Å². The van der Waals surface area contributed by atoms with Crippen LogP contribution in [0.1, 0.15) is 44.7 Å². The number of carbonyl (C=O) groups is 1. The largest absolute Gasteiger partial charge is 0.444 e. The van der Waals surface area contributed by atoms with Gasteiger partial charge in [0.05, 0.1) is 0 Å². The molecule has 0 aliphatic carbocycles. The monoisotopic (exact) mass is 421 g/mol. The Hall–Kier alpha value is -2.35. The summed E-state index contributed by atoms with van der Waals surface area (Å²) >= 11 is 0. The number of nitrogens with one attached hydrogen (secondary N) is 2. The fourth-order valence-corrected chi connectivity index (χ4v) is 3.36. The van der Waals surface area contributed by atoms with Crippen LogP contribution in [0.2, 0.25) is 0 Å². The highest BCUT2D eigenvalue weighted by Gasteiger charge is 2.28. The minimum absolute atomic E-state index is 0.0926. The Bertz CT molecular complexity index is 746. The molecule has 0 aromatic heterocycles. The van der Waals surface area contributed by atoms with Crippen molar-refractivity contribution in [3.8, 4) is 0 Å². The molecule has 2 N–H and O–H groups in total. The maximum atomic E-state index is 14.0. The Labute approximate surface area is 179 Å². The summed E-state index contributed by atoms with van der Waals surface area (Å²) in [4.78, 5) is 20.3. The van der Waals surface area contributed by atoms with Crippen molar-refractivity contribution in [3.63, 3.8) is 0 Å². The third kappa shape index (κ3) is 7.82. The molecular formula is C22H36FN5O2. The summed E-state index contributed by atoms with van der Waals surface area (Å²) in [6.45, 7) is 7.96. The molecule has 8 heteroatoms. The molecule has 30 heavy (non-hydrogen) atoms. The van der Waals surface area contributed by atoms with Crippen molar-refractivity contribution in [3.05, 3.63) is 35.1 Å². The van der Waals surface area contributed by atoms with Crippen LogP contribution in [0.5, 0.6) is 0 Å². The molecule has 1 aliphatic heterocycles. The van der Waals surface area contributed by atoms with Gasteiger partial charge in [-0.25, -0.2) is 9.18 Å². The number of nitrogens with zero attached hydrogens (tertiary/aromatic N) is 3. The third-order valence-electron chi connectivity index (χ3n) is 4.69. The van der Waals surface area contributed by atoms with Crippen molar-refractivity contribution in [1.29, 1.82) is 0 Å². The van der Waals surface area contributed by atoms with Crippen LogP contribution >= 0.6 is 0 Å². The Morgan fingerprint density at radius 3 is 2.73 bits per heavy atom. The second-order valence-corrected chi connectivity index (χ2v) is 9.00. The Morgan fingerprint density at radius 1 is 1.37 bits per heavy atom. The SMILES string of the molecule is CN=C(NCc1ccc(F)c(CN(C)C)c1)NC1CCCN(C(=O)OC(C)(C)C)C1. The summed E-state index contributed by atoms with van der Waals surface area (Å²) in [6, 6.07) is 5.25. The van der Waals surface area contributed by atoms with E-state index in [1.807, 2.05) is 45.8 Å². The molecule has 1 heterocycles. The number of benzene rings is 1. The summed E-state index contributed by atoms with van der Waals surface area (Å²) in [7, 11) is 5.55. The van der Waals surface area contributed by atoms with E-state index in [2.05, 4.69) is 15.6 Å². The van der Waals surface area contributed by atoms with Crippen molar-refractivity contribution in [1.82, 2.24) is 20.4 Å². The van der Waals surface area contributed by atoms with E-state index in [1.165, 1.54) is 6.07 Å². The second kappa shape index (κ2) is 10.6. The lowest BCUT2D eigenvalue weighted by Gasteiger charge is -2.35. The first kappa shape index (κ1) is 23.9. The molecule has 1 aromatic carbocycles. The highest BCUT2D eigenvalue weighted by atomic mass is 19.1. The van der Waals surface area contributed by atoms with Crippen LogP contribution < -0.4 is 10.6 Å². The molecule has 168 valence electrons. The van der Waals surface area contributed by atoms with Crippen molar-refractivity contribution in [2.24, 2.45) is 4.99 Å². The number of amides is 1. The number of likely N-dealkylation sites (tertiary alicyclic amines) is 1. The van der Waals surface area contributed by atoms with Gasteiger partial charge < -0.3 is 25.2 Å². The molecule has 0 radical (unpaired) electrons. The third-order valence-corrected chi connectivity index (χ3v) is 4.69. The molecule has 1 amide bonds. The zero-order valence-electron chi connectivity index (χ0n) is 19.1. The molecule has 2 rings (SSSR count). The smallest absolute Gasteiger partial charge is 0.410 e. The summed E-state index contributed by atoms with van der Waals surface area (Å²) in [5.41, 5.74) is 1.15. The molecule has 1 unspecified atom stereocenters. The van der Waals surface area contributed by atoms with E-state index in [-0.39, 0.29) is 18.0 Å². The quantitative estimate of drug-likeness (QED) is 0.565. The fourth-order valence-electron chi connectivity index (χ4n) is 3.36. The second-order valence-electron chi connectivity index (χ2n) is 9.00. The van der Waals surface area contributed by atoms with E-state index < -0.39 is 5.60 Å². The lowest BCUT2D eigenvalue weighted by Crippen LogP contribution is -2.53. The highest BCUT2D eigenvalue weighted by Crippen LogP contribution is 2.16. The first-order valence-corrected chi connectivity index (χ1v) is 10.4. The average molecular weight is 422 g/mol. The minimum Gasteiger partial charge on any atom is -0.444 e. The van der Waals surface area contributed by atoms with Crippen molar-refractivity contribution in [2.75, 3.05) is 34.2 Å². The van der Waals surface area contributed by atoms with Crippen LogP contribution in [0.3, 0.4) is 0 Å². The van der Waals surface area contributed by atoms with Gasteiger partial charge in [0.1, 0.15) is 11.4 Å². The van der Waals surface area contributed by atoms with Gasteiger partial charge in [-0.1, -0.05) is 6.07 Å². The van der Waals surface area contributed by atoms with Gasteiger partial charge in [-0.05, 0) is 65.4 Å². The molecule has 0 spiro atoms. The fraction of sp³-hybridized carbons (Fsp3) is 0.636. The van der Waals surface area contributed by atoms with E-state index in [1.54, 1.807) is 18.0 Å². The topological polar surface area (TPSA) is 69.2 Å². The van der Waals surface area contributed by atoms with Crippen LogP contribution in [0.15, 0.2) is 23.2 Å².